The van der Waals surface area contributed by atoms with Crippen molar-refractivity contribution in [1.82, 2.24) is 0 Å². The van der Waals surface area contributed by atoms with Gasteiger partial charge in [0, 0.05) is 12.0 Å². The SMILES string of the molecule is O=C1CC(CO)C(=O)c2cccc(O)c21. The van der Waals surface area contributed by atoms with Crippen LogP contribution >= 0.6 is 0 Å². The number of aromatic hydroxyl groups is 1. The van der Waals surface area contributed by atoms with Crippen LogP contribution in [0.1, 0.15) is 27.1 Å². The smallest absolute Gasteiger partial charge is 0.169 e. The minimum atomic E-state index is -0.660. The summed E-state index contributed by atoms with van der Waals surface area (Å²) in [6, 6.07) is 4.39. The summed E-state index contributed by atoms with van der Waals surface area (Å²) in [4.78, 5) is 23.3. The lowest BCUT2D eigenvalue weighted by molar-refractivity contribution is 0.0760. The molecule has 1 aliphatic carbocycles. The molecule has 0 radical (unpaired) electrons. The van der Waals surface area contributed by atoms with E-state index in [0.29, 0.717) is 0 Å². The first kappa shape index (κ1) is 9.86. The molecule has 0 saturated heterocycles. The van der Waals surface area contributed by atoms with Crippen LogP contribution < -0.4 is 0 Å². The van der Waals surface area contributed by atoms with Crippen LogP contribution in [-0.2, 0) is 0 Å². The van der Waals surface area contributed by atoms with Gasteiger partial charge in [0.25, 0.3) is 0 Å². The van der Waals surface area contributed by atoms with Gasteiger partial charge in [-0.3, -0.25) is 9.59 Å². The number of rotatable bonds is 1. The summed E-state index contributed by atoms with van der Waals surface area (Å²) in [6.45, 7) is -0.334. The second-order valence-electron chi connectivity index (χ2n) is 3.57. The Morgan fingerprint density at radius 2 is 2.07 bits per heavy atom. The summed E-state index contributed by atoms with van der Waals surface area (Å²) in [6.07, 6.45) is -0.0279. The summed E-state index contributed by atoms with van der Waals surface area (Å²) in [7, 11) is 0. The van der Waals surface area contributed by atoms with E-state index < -0.39 is 5.92 Å². The average Bonchev–Trinajstić information content (AvgIpc) is 2.23. The fourth-order valence-corrected chi connectivity index (χ4v) is 1.82. The summed E-state index contributed by atoms with van der Waals surface area (Å²) < 4.78 is 0. The molecule has 1 aromatic rings. The third-order valence-corrected chi connectivity index (χ3v) is 2.61. The molecule has 0 saturated carbocycles. The van der Waals surface area contributed by atoms with E-state index in [1.807, 2.05) is 0 Å². The second-order valence-corrected chi connectivity index (χ2v) is 3.57. The lowest BCUT2D eigenvalue weighted by Gasteiger charge is -2.20. The van der Waals surface area contributed by atoms with Crippen molar-refractivity contribution in [2.45, 2.75) is 6.42 Å². The summed E-state index contributed by atoms with van der Waals surface area (Å²) >= 11 is 0. The predicted molar refractivity (Wildman–Crippen MR) is 52.0 cm³/mol. The molecule has 1 atom stereocenters. The Morgan fingerprint density at radius 1 is 1.33 bits per heavy atom. The van der Waals surface area contributed by atoms with Gasteiger partial charge in [0.1, 0.15) is 5.75 Å². The first-order valence-corrected chi connectivity index (χ1v) is 4.65. The van der Waals surface area contributed by atoms with E-state index in [-0.39, 0.29) is 41.5 Å². The number of ketones is 2. The lowest BCUT2D eigenvalue weighted by Crippen LogP contribution is -2.29. The highest BCUT2D eigenvalue weighted by Crippen LogP contribution is 2.31. The minimum Gasteiger partial charge on any atom is -0.507 e. The van der Waals surface area contributed by atoms with E-state index in [0.717, 1.165) is 0 Å². The first-order chi connectivity index (χ1) is 7.15. The number of aliphatic hydroxyl groups is 1. The van der Waals surface area contributed by atoms with Gasteiger partial charge in [-0.1, -0.05) is 12.1 Å². The normalized spacial score (nSPS) is 20.2. The first-order valence-electron chi connectivity index (χ1n) is 4.65. The van der Waals surface area contributed by atoms with Crippen molar-refractivity contribution in [1.29, 1.82) is 0 Å². The number of hydrogen-bond donors (Lipinski definition) is 2. The van der Waals surface area contributed by atoms with Crippen molar-refractivity contribution in [2.75, 3.05) is 6.61 Å². The number of benzene rings is 1. The molecule has 1 aliphatic rings. The maximum atomic E-state index is 11.7. The topological polar surface area (TPSA) is 74.6 Å². The van der Waals surface area contributed by atoms with E-state index in [1.54, 1.807) is 0 Å². The maximum absolute atomic E-state index is 11.7. The molecule has 1 aromatic carbocycles. The van der Waals surface area contributed by atoms with Crippen LogP contribution in [0.2, 0.25) is 0 Å². The number of phenols is 1. The maximum Gasteiger partial charge on any atom is 0.169 e. The van der Waals surface area contributed by atoms with Crippen LogP contribution in [-0.4, -0.2) is 28.4 Å². The number of fused-ring (bicyclic) bond motifs is 1. The van der Waals surface area contributed by atoms with Crippen LogP contribution in [0, 0.1) is 5.92 Å². The highest BCUT2D eigenvalue weighted by molar-refractivity contribution is 6.16. The fraction of sp³-hybridized carbons (Fsp3) is 0.273. The van der Waals surface area contributed by atoms with Gasteiger partial charge in [-0.25, -0.2) is 0 Å². The van der Waals surface area contributed by atoms with Gasteiger partial charge >= 0.3 is 0 Å². The Morgan fingerprint density at radius 3 is 2.73 bits per heavy atom. The molecule has 0 aromatic heterocycles. The van der Waals surface area contributed by atoms with Gasteiger partial charge in [0.05, 0.1) is 18.1 Å². The van der Waals surface area contributed by atoms with E-state index >= 15 is 0 Å². The number of aliphatic hydroxyl groups excluding tert-OH is 1. The molecule has 0 aliphatic heterocycles. The van der Waals surface area contributed by atoms with Gasteiger partial charge in [0.15, 0.2) is 11.6 Å². The van der Waals surface area contributed by atoms with Crippen molar-refractivity contribution < 1.29 is 19.8 Å². The lowest BCUT2D eigenvalue weighted by atomic mass is 9.82. The summed E-state index contributed by atoms with van der Waals surface area (Å²) in [5.74, 6) is -1.39. The molecule has 0 heterocycles. The monoisotopic (exact) mass is 206 g/mol. The van der Waals surface area contributed by atoms with Crippen molar-refractivity contribution in [3.63, 3.8) is 0 Å². The van der Waals surface area contributed by atoms with Gasteiger partial charge < -0.3 is 10.2 Å². The standard InChI is InChI=1S/C11H10O4/c12-5-6-4-9(14)10-7(11(6)15)2-1-3-8(10)13/h1-3,6,12-13H,4-5H2. The molecular weight excluding hydrogens is 196 g/mol. The van der Waals surface area contributed by atoms with E-state index in [1.165, 1.54) is 18.2 Å². The number of hydrogen-bond acceptors (Lipinski definition) is 4. The zero-order chi connectivity index (χ0) is 11.0. The fourth-order valence-electron chi connectivity index (χ4n) is 1.82. The summed E-state index contributed by atoms with van der Waals surface area (Å²) in [5.41, 5.74) is 0.303. The molecule has 1 unspecified atom stereocenters. The molecule has 4 nitrogen and oxygen atoms in total. The van der Waals surface area contributed by atoms with Crippen LogP contribution in [0.25, 0.3) is 0 Å². The zero-order valence-electron chi connectivity index (χ0n) is 7.93. The Bertz CT molecular complexity index is 436. The quantitative estimate of drug-likeness (QED) is 0.711. The van der Waals surface area contributed by atoms with Gasteiger partial charge in [0.2, 0.25) is 0 Å². The summed E-state index contributed by atoms with van der Waals surface area (Å²) in [5, 5.41) is 18.4. The molecule has 0 fully saturated rings. The molecule has 2 N–H and O–H groups in total. The second kappa shape index (κ2) is 3.47. The Kier molecular flexibility index (Phi) is 2.28. The number of phenolic OH excluding ortho intramolecular Hbond substituents is 1. The van der Waals surface area contributed by atoms with Crippen LogP contribution in [0.4, 0.5) is 0 Å². The Labute approximate surface area is 86.2 Å². The van der Waals surface area contributed by atoms with Crippen LogP contribution in [0.3, 0.4) is 0 Å². The molecule has 4 heteroatoms. The molecule has 0 bridgehead atoms. The van der Waals surface area contributed by atoms with E-state index in [2.05, 4.69) is 0 Å². The third kappa shape index (κ3) is 1.43. The van der Waals surface area contributed by atoms with Gasteiger partial charge in [-0.05, 0) is 6.07 Å². The Hall–Kier alpha value is -1.68. The van der Waals surface area contributed by atoms with E-state index in [4.69, 9.17) is 5.11 Å². The van der Waals surface area contributed by atoms with Crippen LogP contribution in [0.15, 0.2) is 18.2 Å². The molecule has 15 heavy (non-hydrogen) atoms. The predicted octanol–water partition coefficient (Wildman–Crippen LogP) is 0.770. The van der Waals surface area contributed by atoms with Crippen LogP contribution in [0.5, 0.6) is 5.75 Å². The van der Waals surface area contributed by atoms with Crippen molar-refractivity contribution in [3.8, 4) is 5.75 Å². The minimum absolute atomic E-state index is 0.0279. The highest BCUT2D eigenvalue weighted by Gasteiger charge is 2.33. The van der Waals surface area contributed by atoms with Crippen molar-refractivity contribution in [2.24, 2.45) is 5.92 Å². The van der Waals surface area contributed by atoms with E-state index in [9.17, 15) is 14.7 Å². The molecule has 0 amide bonds. The zero-order valence-corrected chi connectivity index (χ0v) is 7.93. The molecule has 2 rings (SSSR count). The number of Topliss-reactive ketones (excluding diaryl/α,β-unsaturated/α-hetero) is 2. The largest absolute Gasteiger partial charge is 0.507 e. The molecular formula is C11H10O4. The number of carbonyl (C=O) groups is 2. The average molecular weight is 206 g/mol. The Balaban J connectivity index is 2.59. The molecule has 0 spiro atoms. The van der Waals surface area contributed by atoms with Gasteiger partial charge in [-0.2, -0.15) is 0 Å². The van der Waals surface area contributed by atoms with Crippen molar-refractivity contribution >= 4 is 11.6 Å². The highest BCUT2D eigenvalue weighted by atomic mass is 16.3. The van der Waals surface area contributed by atoms with Crippen molar-refractivity contribution in [3.05, 3.63) is 29.3 Å². The van der Waals surface area contributed by atoms with Gasteiger partial charge in [-0.15, -0.1) is 0 Å². The number of carbonyl (C=O) groups excluding carboxylic acids is 2. The molecule has 78 valence electrons. The third-order valence-electron chi connectivity index (χ3n) is 2.61.